The number of unbranched alkanes of at least 4 members (excludes halogenated alkanes) is 3. The second-order valence-electron chi connectivity index (χ2n) is 8.42. The fraction of sp³-hybridized carbons (Fsp3) is 0.370. The van der Waals surface area contributed by atoms with Crippen LogP contribution in [0, 0.1) is 0 Å². The number of phenols is 2. The van der Waals surface area contributed by atoms with E-state index < -0.39 is 0 Å². The molecule has 4 aromatic rings. The zero-order chi connectivity index (χ0) is 24.0. The number of furan rings is 1. The van der Waals surface area contributed by atoms with Crippen LogP contribution in [0.1, 0.15) is 63.7 Å². The van der Waals surface area contributed by atoms with Crippen LogP contribution in [0.25, 0.3) is 21.9 Å². The average molecular weight is 453 g/mol. The first-order valence-corrected chi connectivity index (χ1v) is 11.4. The Kier molecular flexibility index (Phi) is 8.04. The van der Waals surface area contributed by atoms with Gasteiger partial charge < -0.3 is 23.8 Å². The maximum atomic E-state index is 11.2. The average Bonchev–Trinajstić information content (AvgIpc) is 3.14. The molecule has 2 N–H and O–H groups in total. The highest BCUT2D eigenvalue weighted by Crippen LogP contribution is 2.38. The number of fused-ring (bicyclic) bond motifs is 2. The Labute approximate surface area is 193 Å². The lowest BCUT2D eigenvalue weighted by Crippen LogP contribution is -1.94. The highest BCUT2D eigenvalue weighted by atomic mass is 16.5. The number of rotatable bonds is 7. The van der Waals surface area contributed by atoms with E-state index >= 15 is 0 Å². The summed E-state index contributed by atoms with van der Waals surface area (Å²) in [6, 6.07) is 11.6. The topological polar surface area (TPSA) is 93.0 Å². The van der Waals surface area contributed by atoms with Crippen LogP contribution in [0.2, 0.25) is 0 Å². The zero-order valence-corrected chi connectivity index (χ0v) is 19.7. The molecule has 2 aromatic carbocycles. The van der Waals surface area contributed by atoms with Gasteiger partial charge in [-0.25, -0.2) is 4.79 Å². The molecule has 0 amide bonds. The smallest absolute Gasteiger partial charge is 0.336 e. The molecule has 0 fully saturated rings. The Bertz CT molecular complexity index is 1270. The molecule has 0 spiro atoms. The molecule has 0 aliphatic carbocycles. The van der Waals surface area contributed by atoms with Crippen molar-refractivity contribution in [1.29, 1.82) is 0 Å². The van der Waals surface area contributed by atoms with Crippen molar-refractivity contribution < 1.29 is 23.8 Å². The Morgan fingerprint density at radius 1 is 0.939 bits per heavy atom. The molecule has 0 aliphatic heterocycles. The Hall–Kier alpha value is -3.41. The van der Waals surface area contributed by atoms with E-state index in [1.165, 1.54) is 31.4 Å². The van der Waals surface area contributed by atoms with Crippen molar-refractivity contribution in [2.75, 3.05) is 7.11 Å². The predicted molar refractivity (Wildman–Crippen MR) is 131 cm³/mol. The third-order valence-corrected chi connectivity index (χ3v) is 5.51. The number of ether oxygens (including phenoxy) is 1. The van der Waals surface area contributed by atoms with Gasteiger partial charge in [0, 0.05) is 29.5 Å². The number of hydrogen-bond acceptors (Lipinski definition) is 6. The molecule has 0 unspecified atom stereocenters. The molecule has 0 aliphatic rings. The van der Waals surface area contributed by atoms with Crippen LogP contribution in [-0.2, 0) is 6.42 Å². The number of phenolic OH excluding ortho intramolecular Hbond substituents is 2. The quantitative estimate of drug-likeness (QED) is 0.234. The van der Waals surface area contributed by atoms with Crippen molar-refractivity contribution in [1.82, 2.24) is 0 Å². The summed E-state index contributed by atoms with van der Waals surface area (Å²) in [6.07, 6.45) is 5.68. The van der Waals surface area contributed by atoms with Crippen molar-refractivity contribution >= 4 is 21.9 Å². The molecule has 6 heteroatoms. The molecule has 2 aromatic heterocycles. The summed E-state index contributed by atoms with van der Waals surface area (Å²) in [5, 5.41) is 20.3. The molecule has 0 atom stereocenters. The first-order chi connectivity index (χ1) is 15.8. The Balaban J connectivity index is 0.000000196. The number of benzene rings is 2. The SMILES string of the molecule is CCCCCCc1ccc(O)cc1O.COc1c(C(C)C)oc2cc3oc(=O)ccc3cc12. The van der Waals surface area contributed by atoms with Gasteiger partial charge in [0.25, 0.3) is 0 Å². The van der Waals surface area contributed by atoms with Gasteiger partial charge in [-0.15, -0.1) is 0 Å². The highest BCUT2D eigenvalue weighted by molar-refractivity contribution is 5.97. The summed E-state index contributed by atoms with van der Waals surface area (Å²) < 4.78 is 16.4. The van der Waals surface area contributed by atoms with Gasteiger partial charge in [0.2, 0.25) is 0 Å². The molecule has 4 rings (SSSR count). The van der Waals surface area contributed by atoms with Gasteiger partial charge in [0.05, 0.1) is 12.5 Å². The highest BCUT2D eigenvalue weighted by Gasteiger charge is 2.18. The minimum Gasteiger partial charge on any atom is -0.508 e. The van der Waals surface area contributed by atoms with Gasteiger partial charge in [-0.2, -0.15) is 0 Å². The van der Waals surface area contributed by atoms with Gasteiger partial charge in [-0.3, -0.25) is 0 Å². The molecule has 0 bridgehead atoms. The molecule has 33 heavy (non-hydrogen) atoms. The second-order valence-corrected chi connectivity index (χ2v) is 8.42. The minimum atomic E-state index is -0.366. The molecule has 2 heterocycles. The zero-order valence-electron chi connectivity index (χ0n) is 19.7. The fourth-order valence-corrected chi connectivity index (χ4v) is 3.75. The number of methoxy groups -OCH3 is 1. The number of hydrogen-bond donors (Lipinski definition) is 2. The molecular weight excluding hydrogens is 420 g/mol. The van der Waals surface area contributed by atoms with Crippen molar-refractivity contribution in [2.24, 2.45) is 0 Å². The lowest BCUT2D eigenvalue weighted by Gasteiger charge is -2.04. The summed E-state index contributed by atoms with van der Waals surface area (Å²) in [4.78, 5) is 11.2. The molecule has 0 saturated carbocycles. The molecule has 0 saturated heterocycles. The van der Waals surface area contributed by atoms with Crippen LogP contribution in [0.5, 0.6) is 17.2 Å². The first-order valence-electron chi connectivity index (χ1n) is 11.4. The maximum Gasteiger partial charge on any atom is 0.336 e. The van der Waals surface area contributed by atoms with Crippen LogP contribution in [0.3, 0.4) is 0 Å². The van der Waals surface area contributed by atoms with E-state index in [0.717, 1.165) is 40.7 Å². The van der Waals surface area contributed by atoms with Gasteiger partial charge in [-0.1, -0.05) is 46.1 Å². The number of aryl methyl sites for hydroxylation is 1. The summed E-state index contributed by atoms with van der Waals surface area (Å²) >= 11 is 0. The summed E-state index contributed by atoms with van der Waals surface area (Å²) in [5.41, 5.74) is 1.75. The van der Waals surface area contributed by atoms with E-state index in [4.69, 9.17) is 18.7 Å². The molecule has 176 valence electrons. The number of aromatic hydroxyl groups is 2. The van der Waals surface area contributed by atoms with E-state index in [1.807, 2.05) is 19.9 Å². The monoisotopic (exact) mass is 452 g/mol. The van der Waals surface area contributed by atoms with Gasteiger partial charge >= 0.3 is 5.63 Å². The van der Waals surface area contributed by atoms with Gasteiger partial charge in [0.1, 0.15) is 28.4 Å². The standard InChI is InChI=1S/C15H14O4.C12H18O2/c1-8(2)14-15(17-3)10-6-9-4-5-13(16)18-11(9)7-12(10)19-14;1-2-3-4-5-6-10-7-8-11(13)9-12(10)14/h4-8H,1-3H3;7-9,13-14H,2-6H2,1H3. The molecular formula is C27H32O6. The van der Waals surface area contributed by atoms with Crippen LogP contribution >= 0.6 is 0 Å². The normalized spacial score (nSPS) is 11.1. The lowest BCUT2D eigenvalue weighted by atomic mass is 10.1. The van der Waals surface area contributed by atoms with Crippen LogP contribution < -0.4 is 10.4 Å². The van der Waals surface area contributed by atoms with Gasteiger partial charge in [-0.05, 0) is 36.6 Å². The minimum absolute atomic E-state index is 0.125. The van der Waals surface area contributed by atoms with E-state index in [9.17, 15) is 9.90 Å². The first kappa shape index (κ1) is 24.2. The van der Waals surface area contributed by atoms with E-state index in [-0.39, 0.29) is 23.0 Å². The molecule has 0 radical (unpaired) electrons. The predicted octanol–water partition coefficient (Wildman–Crippen LogP) is 6.89. The lowest BCUT2D eigenvalue weighted by molar-refractivity contribution is 0.390. The Morgan fingerprint density at radius 3 is 2.39 bits per heavy atom. The second kappa shape index (κ2) is 10.9. The third-order valence-electron chi connectivity index (χ3n) is 5.51. The van der Waals surface area contributed by atoms with Crippen LogP contribution in [-0.4, -0.2) is 17.3 Å². The van der Waals surface area contributed by atoms with Crippen LogP contribution in [0.15, 0.2) is 56.1 Å². The van der Waals surface area contributed by atoms with Crippen molar-refractivity contribution in [2.45, 2.75) is 58.8 Å². The van der Waals surface area contributed by atoms with Crippen molar-refractivity contribution in [3.8, 4) is 17.2 Å². The summed E-state index contributed by atoms with van der Waals surface area (Å²) in [5.74, 6) is 2.10. The summed E-state index contributed by atoms with van der Waals surface area (Å²) in [7, 11) is 1.63. The van der Waals surface area contributed by atoms with Crippen LogP contribution in [0.4, 0.5) is 0 Å². The summed E-state index contributed by atoms with van der Waals surface area (Å²) in [6.45, 7) is 6.26. The van der Waals surface area contributed by atoms with Crippen molar-refractivity contribution in [3.05, 3.63) is 64.2 Å². The maximum absolute atomic E-state index is 11.2. The Morgan fingerprint density at radius 2 is 1.73 bits per heavy atom. The largest absolute Gasteiger partial charge is 0.508 e. The fourth-order valence-electron chi connectivity index (χ4n) is 3.75. The van der Waals surface area contributed by atoms with E-state index in [2.05, 4.69) is 6.92 Å². The molecule has 6 nitrogen and oxygen atoms in total. The van der Waals surface area contributed by atoms with E-state index in [0.29, 0.717) is 11.2 Å². The van der Waals surface area contributed by atoms with Gasteiger partial charge in [0.15, 0.2) is 5.75 Å². The van der Waals surface area contributed by atoms with E-state index in [1.54, 1.807) is 31.4 Å². The van der Waals surface area contributed by atoms with Crippen molar-refractivity contribution in [3.63, 3.8) is 0 Å². The third kappa shape index (κ3) is 5.89.